The predicted octanol–water partition coefficient (Wildman–Crippen LogP) is 3.44. The minimum atomic E-state index is -0.169. The van der Waals surface area contributed by atoms with Crippen LogP contribution in [0.3, 0.4) is 0 Å². The first-order chi connectivity index (χ1) is 11.6. The van der Waals surface area contributed by atoms with Gasteiger partial charge in [-0.25, -0.2) is 0 Å². The molecule has 1 aliphatic rings. The van der Waals surface area contributed by atoms with E-state index < -0.39 is 0 Å². The van der Waals surface area contributed by atoms with Crippen molar-refractivity contribution in [3.63, 3.8) is 0 Å². The molecule has 1 aromatic heterocycles. The number of nitrogens with one attached hydrogen (secondary N) is 1. The number of carbonyl (C=O) groups excluding carboxylic acids is 2. The van der Waals surface area contributed by atoms with Crippen molar-refractivity contribution < 1.29 is 14.0 Å². The summed E-state index contributed by atoms with van der Waals surface area (Å²) in [5.41, 5.74) is 2.44. The molecule has 0 spiro atoms. The van der Waals surface area contributed by atoms with Crippen LogP contribution in [0, 0.1) is 0 Å². The van der Waals surface area contributed by atoms with Crippen molar-refractivity contribution in [3.8, 4) is 0 Å². The smallest absolute Gasteiger partial charge is 0.251 e. The Morgan fingerprint density at radius 1 is 1.33 bits per heavy atom. The molecule has 24 heavy (non-hydrogen) atoms. The van der Waals surface area contributed by atoms with Crippen LogP contribution in [-0.4, -0.2) is 18.4 Å². The molecule has 6 heteroatoms. The second kappa shape index (κ2) is 7.05. The maximum absolute atomic E-state index is 12.3. The topological polar surface area (TPSA) is 62.6 Å². The maximum Gasteiger partial charge on any atom is 0.251 e. The zero-order valence-electron chi connectivity index (χ0n) is 13.0. The summed E-state index contributed by atoms with van der Waals surface area (Å²) in [4.78, 5) is 25.9. The first-order valence-corrected chi connectivity index (χ1v) is 8.47. The predicted molar refractivity (Wildman–Crippen MR) is 94.9 cm³/mol. The number of anilines is 1. The fourth-order valence-electron chi connectivity index (χ4n) is 2.79. The van der Waals surface area contributed by atoms with Gasteiger partial charge in [0.15, 0.2) is 4.67 Å². The lowest BCUT2D eigenvalue weighted by molar-refractivity contribution is -0.114. The van der Waals surface area contributed by atoms with Gasteiger partial charge in [-0.3, -0.25) is 9.59 Å². The molecule has 0 atom stereocenters. The van der Waals surface area contributed by atoms with Crippen molar-refractivity contribution in [2.75, 3.05) is 11.4 Å². The van der Waals surface area contributed by atoms with E-state index in [1.807, 2.05) is 12.1 Å². The zero-order valence-corrected chi connectivity index (χ0v) is 14.6. The van der Waals surface area contributed by atoms with E-state index >= 15 is 0 Å². The van der Waals surface area contributed by atoms with Gasteiger partial charge in [0.2, 0.25) is 5.91 Å². The molecule has 1 aliphatic heterocycles. The number of amides is 2. The number of hydrogen-bond acceptors (Lipinski definition) is 3. The quantitative estimate of drug-likeness (QED) is 0.815. The van der Waals surface area contributed by atoms with Gasteiger partial charge in [0.25, 0.3) is 5.91 Å². The van der Waals surface area contributed by atoms with Gasteiger partial charge < -0.3 is 14.6 Å². The van der Waals surface area contributed by atoms with E-state index in [0.717, 1.165) is 24.1 Å². The molecule has 0 saturated heterocycles. The Balaban J connectivity index is 1.74. The van der Waals surface area contributed by atoms with Crippen LogP contribution in [0.1, 0.15) is 28.1 Å². The van der Waals surface area contributed by atoms with Gasteiger partial charge in [-0.2, -0.15) is 0 Å². The summed E-state index contributed by atoms with van der Waals surface area (Å²) >= 11 is 3.23. The van der Waals surface area contributed by atoms with Gasteiger partial charge in [-0.15, -0.1) is 0 Å². The van der Waals surface area contributed by atoms with E-state index in [1.54, 1.807) is 23.1 Å². The van der Waals surface area contributed by atoms with E-state index in [1.165, 1.54) is 6.08 Å². The highest BCUT2D eigenvalue weighted by atomic mass is 79.9. The lowest BCUT2D eigenvalue weighted by Gasteiger charge is -2.28. The highest BCUT2D eigenvalue weighted by Crippen LogP contribution is 2.28. The van der Waals surface area contributed by atoms with Gasteiger partial charge in [-0.1, -0.05) is 6.58 Å². The standard InChI is InChI=1S/C18H17BrN2O3/c1-2-17(22)21-9-3-4-12-10-13(5-7-15(12)21)18(23)20-11-14-6-8-16(19)24-14/h2,5-8,10H,1,3-4,9,11H2,(H,20,23). The largest absolute Gasteiger partial charge is 0.452 e. The Hall–Kier alpha value is -2.34. The fraction of sp³-hybridized carbons (Fsp3) is 0.222. The molecule has 0 bridgehead atoms. The summed E-state index contributed by atoms with van der Waals surface area (Å²) in [6, 6.07) is 9.00. The molecule has 0 aliphatic carbocycles. The summed E-state index contributed by atoms with van der Waals surface area (Å²) < 4.78 is 5.99. The second-order valence-electron chi connectivity index (χ2n) is 5.53. The number of benzene rings is 1. The van der Waals surface area contributed by atoms with Gasteiger partial charge >= 0.3 is 0 Å². The minimum Gasteiger partial charge on any atom is -0.452 e. The Morgan fingerprint density at radius 2 is 2.17 bits per heavy atom. The highest BCUT2D eigenvalue weighted by molar-refractivity contribution is 9.10. The number of fused-ring (bicyclic) bond motifs is 1. The molecule has 2 aromatic rings. The van der Waals surface area contributed by atoms with Crippen molar-refractivity contribution in [2.45, 2.75) is 19.4 Å². The molecule has 124 valence electrons. The van der Waals surface area contributed by atoms with Crippen LogP contribution in [0.25, 0.3) is 0 Å². The van der Waals surface area contributed by atoms with Crippen molar-refractivity contribution in [2.24, 2.45) is 0 Å². The van der Waals surface area contributed by atoms with Crippen molar-refractivity contribution in [1.29, 1.82) is 0 Å². The third kappa shape index (κ3) is 3.43. The van der Waals surface area contributed by atoms with Crippen LogP contribution in [0.4, 0.5) is 5.69 Å². The van der Waals surface area contributed by atoms with E-state index in [9.17, 15) is 9.59 Å². The normalized spacial score (nSPS) is 13.3. The van der Waals surface area contributed by atoms with E-state index in [0.29, 0.717) is 29.1 Å². The molecular formula is C18H17BrN2O3. The molecular weight excluding hydrogens is 372 g/mol. The number of aryl methyl sites for hydroxylation is 1. The number of furan rings is 1. The van der Waals surface area contributed by atoms with Crippen molar-refractivity contribution in [3.05, 3.63) is 64.5 Å². The minimum absolute atomic E-state index is 0.114. The Bertz CT molecular complexity index is 797. The second-order valence-corrected chi connectivity index (χ2v) is 6.31. The first-order valence-electron chi connectivity index (χ1n) is 7.68. The molecule has 5 nitrogen and oxygen atoms in total. The molecule has 1 aromatic carbocycles. The molecule has 1 N–H and O–H groups in total. The molecule has 0 fully saturated rings. The molecule has 2 heterocycles. The SMILES string of the molecule is C=CC(=O)N1CCCc2cc(C(=O)NCc3ccc(Br)o3)ccc21. The third-order valence-corrected chi connectivity index (χ3v) is 4.38. The molecule has 3 rings (SSSR count). The molecule has 0 radical (unpaired) electrons. The van der Waals surface area contributed by atoms with Crippen molar-refractivity contribution in [1.82, 2.24) is 5.32 Å². The van der Waals surface area contributed by atoms with Crippen LogP contribution in [0.15, 0.2) is 52.1 Å². The summed E-state index contributed by atoms with van der Waals surface area (Å²) in [6.07, 6.45) is 3.04. The third-order valence-electron chi connectivity index (χ3n) is 3.95. The fourth-order valence-corrected chi connectivity index (χ4v) is 3.13. The number of carbonyl (C=O) groups is 2. The van der Waals surface area contributed by atoms with Crippen LogP contribution in [-0.2, 0) is 17.8 Å². The highest BCUT2D eigenvalue weighted by Gasteiger charge is 2.21. The van der Waals surface area contributed by atoms with Crippen molar-refractivity contribution >= 4 is 33.4 Å². The van der Waals surface area contributed by atoms with Crippen LogP contribution < -0.4 is 10.2 Å². The zero-order chi connectivity index (χ0) is 17.1. The summed E-state index contributed by atoms with van der Waals surface area (Å²) in [6.45, 7) is 4.54. The average Bonchev–Trinajstić information content (AvgIpc) is 3.03. The van der Waals surface area contributed by atoms with Crippen LogP contribution >= 0.6 is 15.9 Å². The van der Waals surface area contributed by atoms with Crippen LogP contribution in [0.2, 0.25) is 0 Å². The van der Waals surface area contributed by atoms with Gasteiger partial charge in [-0.05, 0) is 70.7 Å². The number of rotatable bonds is 4. The lowest BCUT2D eigenvalue weighted by Crippen LogP contribution is -2.34. The summed E-state index contributed by atoms with van der Waals surface area (Å²) in [5.74, 6) is 0.394. The first kappa shape index (κ1) is 16.5. The monoisotopic (exact) mass is 388 g/mol. The van der Waals surface area contributed by atoms with Gasteiger partial charge in [0.05, 0.1) is 6.54 Å². The number of nitrogens with zero attached hydrogens (tertiary/aromatic N) is 1. The summed E-state index contributed by atoms with van der Waals surface area (Å²) in [7, 11) is 0. The van der Waals surface area contributed by atoms with Gasteiger partial charge in [0.1, 0.15) is 5.76 Å². The number of hydrogen-bond donors (Lipinski definition) is 1. The van der Waals surface area contributed by atoms with Gasteiger partial charge in [0, 0.05) is 17.8 Å². The van der Waals surface area contributed by atoms with E-state index in [4.69, 9.17) is 4.42 Å². The molecule has 2 amide bonds. The molecule has 0 unspecified atom stereocenters. The maximum atomic E-state index is 12.3. The summed E-state index contributed by atoms with van der Waals surface area (Å²) in [5, 5.41) is 2.83. The lowest BCUT2D eigenvalue weighted by atomic mass is 9.98. The Morgan fingerprint density at radius 3 is 2.88 bits per heavy atom. The van der Waals surface area contributed by atoms with E-state index in [-0.39, 0.29) is 11.8 Å². The van der Waals surface area contributed by atoms with E-state index in [2.05, 4.69) is 27.8 Å². The molecule has 0 saturated carbocycles. The average molecular weight is 389 g/mol. The number of halogens is 1. The van der Waals surface area contributed by atoms with Crippen LogP contribution in [0.5, 0.6) is 0 Å². The Kier molecular flexibility index (Phi) is 4.85. The Labute approximate surface area is 148 Å².